The fourth-order valence-corrected chi connectivity index (χ4v) is 1.77. The van der Waals surface area contributed by atoms with E-state index in [2.05, 4.69) is 27.5 Å². The summed E-state index contributed by atoms with van der Waals surface area (Å²) in [6.07, 6.45) is 1.14. The van der Waals surface area contributed by atoms with Gasteiger partial charge in [-0.05, 0) is 26.8 Å². The summed E-state index contributed by atoms with van der Waals surface area (Å²) >= 11 is 0. The number of nitrogens with one attached hydrogen (secondary N) is 3. The van der Waals surface area contributed by atoms with E-state index in [0.29, 0.717) is 23.6 Å². The van der Waals surface area contributed by atoms with Crippen LogP contribution >= 0.6 is 0 Å². The van der Waals surface area contributed by atoms with E-state index in [-0.39, 0.29) is 17.9 Å². The molecule has 6 nitrogen and oxygen atoms in total. The summed E-state index contributed by atoms with van der Waals surface area (Å²) in [4.78, 5) is 30.2. The van der Waals surface area contributed by atoms with E-state index in [4.69, 9.17) is 0 Å². The highest BCUT2D eigenvalue weighted by molar-refractivity contribution is 5.78. The zero-order chi connectivity index (χ0) is 14.3. The number of H-pyrrole nitrogens is 1. The van der Waals surface area contributed by atoms with Gasteiger partial charge in [0.25, 0.3) is 5.56 Å². The Bertz CT molecular complexity index is 482. The van der Waals surface area contributed by atoms with Crippen LogP contribution in [0.1, 0.15) is 30.4 Å². The molecule has 0 radical (unpaired) electrons. The van der Waals surface area contributed by atoms with Crippen LogP contribution in [0.4, 0.5) is 0 Å². The van der Waals surface area contributed by atoms with Gasteiger partial charge in [0.05, 0.1) is 6.42 Å². The molecule has 1 heterocycles. The first kappa shape index (κ1) is 15.4. The van der Waals surface area contributed by atoms with Gasteiger partial charge in [0.1, 0.15) is 5.82 Å². The van der Waals surface area contributed by atoms with Crippen LogP contribution in [-0.2, 0) is 11.2 Å². The van der Waals surface area contributed by atoms with Crippen molar-refractivity contribution in [3.63, 3.8) is 0 Å². The van der Waals surface area contributed by atoms with Crippen LogP contribution in [0, 0.1) is 13.8 Å². The Balaban J connectivity index is 2.47. The van der Waals surface area contributed by atoms with Gasteiger partial charge in [-0.25, -0.2) is 4.98 Å². The Morgan fingerprint density at radius 3 is 2.63 bits per heavy atom. The number of aromatic amines is 1. The number of aromatic nitrogens is 2. The second kappa shape index (κ2) is 7.68. The third-order valence-electron chi connectivity index (χ3n) is 2.73. The van der Waals surface area contributed by atoms with Gasteiger partial charge in [0.2, 0.25) is 5.91 Å². The number of carbonyl (C=O) groups excluding carboxylic acids is 1. The summed E-state index contributed by atoms with van der Waals surface area (Å²) in [5.74, 6) is 0.410. The van der Waals surface area contributed by atoms with Crippen molar-refractivity contribution in [1.82, 2.24) is 20.6 Å². The van der Waals surface area contributed by atoms with Crippen molar-refractivity contribution in [2.75, 3.05) is 19.6 Å². The topological polar surface area (TPSA) is 86.9 Å². The lowest BCUT2D eigenvalue weighted by Crippen LogP contribution is -2.34. The standard InChI is InChI=1S/C13H22N4O2/c1-4-5-14-6-7-15-12(18)8-11-9(2)16-10(3)17-13(11)19/h14H,4-8H2,1-3H3,(H,15,18)(H,16,17,19). The Hall–Kier alpha value is -1.69. The molecule has 0 saturated carbocycles. The fourth-order valence-electron chi connectivity index (χ4n) is 1.77. The van der Waals surface area contributed by atoms with Crippen LogP contribution < -0.4 is 16.2 Å². The average molecular weight is 266 g/mol. The molecule has 0 fully saturated rings. The molecular formula is C13H22N4O2. The average Bonchev–Trinajstić information content (AvgIpc) is 2.33. The highest BCUT2D eigenvalue weighted by Gasteiger charge is 2.11. The Kier molecular flexibility index (Phi) is 6.21. The summed E-state index contributed by atoms with van der Waals surface area (Å²) in [5.41, 5.74) is 0.814. The zero-order valence-electron chi connectivity index (χ0n) is 11.8. The third-order valence-corrected chi connectivity index (χ3v) is 2.73. The van der Waals surface area contributed by atoms with E-state index < -0.39 is 0 Å². The van der Waals surface area contributed by atoms with Gasteiger partial charge in [-0.2, -0.15) is 0 Å². The second-order valence-electron chi connectivity index (χ2n) is 4.49. The van der Waals surface area contributed by atoms with E-state index in [9.17, 15) is 9.59 Å². The first-order chi connectivity index (χ1) is 9.04. The molecule has 3 N–H and O–H groups in total. The van der Waals surface area contributed by atoms with Crippen molar-refractivity contribution in [3.05, 3.63) is 27.4 Å². The second-order valence-corrected chi connectivity index (χ2v) is 4.49. The molecule has 1 rings (SSSR count). The summed E-state index contributed by atoms with van der Waals surface area (Å²) in [6, 6.07) is 0. The van der Waals surface area contributed by atoms with Crippen LogP contribution in [0.5, 0.6) is 0 Å². The Morgan fingerprint density at radius 1 is 1.26 bits per heavy atom. The summed E-state index contributed by atoms with van der Waals surface area (Å²) < 4.78 is 0. The summed E-state index contributed by atoms with van der Waals surface area (Å²) in [6.45, 7) is 7.79. The first-order valence-electron chi connectivity index (χ1n) is 6.58. The molecule has 0 aliphatic heterocycles. The largest absolute Gasteiger partial charge is 0.355 e. The van der Waals surface area contributed by atoms with Crippen molar-refractivity contribution < 1.29 is 4.79 Å². The SMILES string of the molecule is CCCNCCNC(=O)Cc1c(C)nc(C)[nH]c1=O. The van der Waals surface area contributed by atoms with Gasteiger partial charge in [-0.15, -0.1) is 0 Å². The molecule has 0 aliphatic rings. The monoisotopic (exact) mass is 266 g/mol. The van der Waals surface area contributed by atoms with Crippen LogP contribution in [0.15, 0.2) is 4.79 Å². The molecule has 19 heavy (non-hydrogen) atoms. The summed E-state index contributed by atoms with van der Waals surface area (Å²) in [7, 11) is 0. The maximum Gasteiger partial charge on any atom is 0.254 e. The number of amides is 1. The van der Waals surface area contributed by atoms with Crippen LogP contribution in [0.3, 0.4) is 0 Å². The van der Waals surface area contributed by atoms with E-state index in [1.54, 1.807) is 13.8 Å². The third kappa shape index (κ3) is 5.21. The molecule has 0 aliphatic carbocycles. The maximum atomic E-state index is 11.7. The lowest BCUT2D eigenvalue weighted by molar-refractivity contribution is -0.120. The molecule has 106 valence electrons. The van der Waals surface area contributed by atoms with Crippen molar-refractivity contribution in [1.29, 1.82) is 0 Å². The van der Waals surface area contributed by atoms with Crippen LogP contribution in [-0.4, -0.2) is 35.5 Å². The number of hydrogen-bond donors (Lipinski definition) is 3. The van der Waals surface area contributed by atoms with Crippen molar-refractivity contribution >= 4 is 5.91 Å². The van der Waals surface area contributed by atoms with E-state index in [0.717, 1.165) is 19.5 Å². The van der Waals surface area contributed by atoms with Crippen molar-refractivity contribution in [3.8, 4) is 0 Å². The molecule has 0 aromatic carbocycles. The molecule has 1 aromatic rings. The minimum atomic E-state index is -0.232. The van der Waals surface area contributed by atoms with Gasteiger partial charge in [-0.1, -0.05) is 6.92 Å². The molecule has 6 heteroatoms. The molecule has 0 atom stereocenters. The zero-order valence-corrected chi connectivity index (χ0v) is 11.8. The minimum Gasteiger partial charge on any atom is -0.355 e. The quantitative estimate of drug-likeness (QED) is 0.608. The van der Waals surface area contributed by atoms with Crippen LogP contribution in [0.2, 0.25) is 0 Å². The van der Waals surface area contributed by atoms with Gasteiger partial charge in [0.15, 0.2) is 0 Å². The summed E-state index contributed by atoms with van der Waals surface area (Å²) in [5, 5.41) is 5.97. The highest BCUT2D eigenvalue weighted by Crippen LogP contribution is 1.99. The minimum absolute atomic E-state index is 0.0717. The Labute approximate surface area is 113 Å². The number of carbonyl (C=O) groups is 1. The van der Waals surface area contributed by atoms with Crippen molar-refractivity contribution in [2.24, 2.45) is 0 Å². The number of aryl methyl sites for hydroxylation is 2. The maximum absolute atomic E-state index is 11.7. The number of hydrogen-bond acceptors (Lipinski definition) is 4. The fraction of sp³-hybridized carbons (Fsp3) is 0.615. The predicted molar refractivity (Wildman–Crippen MR) is 74.2 cm³/mol. The highest BCUT2D eigenvalue weighted by atomic mass is 16.2. The van der Waals surface area contributed by atoms with Gasteiger partial charge >= 0.3 is 0 Å². The van der Waals surface area contributed by atoms with E-state index in [1.165, 1.54) is 0 Å². The molecular weight excluding hydrogens is 244 g/mol. The molecule has 0 spiro atoms. The van der Waals surface area contributed by atoms with E-state index >= 15 is 0 Å². The van der Waals surface area contributed by atoms with Gasteiger partial charge < -0.3 is 15.6 Å². The first-order valence-corrected chi connectivity index (χ1v) is 6.58. The van der Waals surface area contributed by atoms with Crippen LogP contribution in [0.25, 0.3) is 0 Å². The molecule has 0 bridgehead atoms. The number of rotatable bonds is 7. The Morgan fingerprint density at radius 2 is 2.00 bits per heavy atom. The normalized spacial score (nSPS) is 10.5. The van der Waals surface area contributed by atoms with E-state index in [1.807, 2.05) is 0 Å². The number of nitrogens with zero attached hydrogens (tertiary/aromatic N) is 1. The van der Waals surface area contributed by atoms with Gasteiger partial charge in [0, 0.05) is 24.3 Å². The molecule has 1 aromatic heterocycles. The van der Waals surface area contributed by atoms with Gasteiger partial charge in [-0.3, -0.25) is 9.59 Å². The predicted octanol–water partition coefficient (Wildman–Crippen LogP) is 0.0450. The van der Waals surface area contributed by atoms with Crippen molar-refractivity contribution in [2.45, 2.75) is 33.6 Å². The molecule has 1 amide bonds. The molecule has 0 unspecified atom stereocenters. The smallest absolute Gasteiger partial charge is 0.254 e. The lowest BCUT2D eigenvalue weighted by Gasteiger charge is -2.07. The molecule has 0 saturated heterocycles. The lowest BCUT2D eigenvalue weighted by atomic mass is 10.1.